The van der Waals surface area contributed by atoms with E-state index in [4.69, 9.17) is 11.6 Å². The van der Waals surface area contributed by atoms with Gasteiger partial charge in [0, 0.05) is 10.5 Å². The minimum absolute atomic E-state index is 0.113. The standard InChI is InChI=1S/C13H18BrClN2O2S/c14-10-3-6-12(15)13(9-10)17-20(18,19)8-2-1-7-16-11-4-5-11/h3,6,9,11,16-17H,1-2,4-5,7-8H2. The first-order chi connectivity index (χ1) is 9.46. The normalized spacial score (nSPS) is 15.3. The maximum atomic E-state index is 12.0. The lowest BCUT2D eigenvalue weighted by molar-refractivity contribution is 0.591. The number of hydrogen-bond acceptors (Lipinski definition) is 3. The van der Waals surface area contributed by atoms with Crippen LogP contribution in [0.2, 0.25) is 5.02 Å². The summed E-state index contributed by atoms with van der Waals surface area (Å²) in [5, 5.41) is 3.76. The van der Waals surface area contributed by atoms with Gasteiger partial charge < -0.3 is 5.32 Å². The number of anilines is 1. The molecule has 1 fully saturated rings. The number of sulfonamides is 1. The van der Waals surface area contributed by atoms with Crippen molar-refractivity contribution in [3.63, 3.8) is 0 Å². The van der Waals surface area contributed by atoms with Crippen LogP contribution in [0.1, 0.15) is 25.7 Å². The van der Waals surface area contributed by atoms with Crippen LogP contribution in [-0.2, 0) is 10.0 Å². The molecule has 20 heavy (non-hydrogen) atoms. The zero-order valence-electron chi connectivity index (χ0n) is 11.0. The van der Waals surface area contributed by atoms with Crippen LogP contribution < -0.4 is 10.0 Å². The monoisotopic (exact) mass is 380 g/mol. The molecule has 1 aliphatic rings. The lowest BCUT2D eigenvalue weighted by Crippen LogP contribution is -2.20. The summed E-state index contributed by atoms with van der Waals surface area (Å²) >= 11 is 9.26. The zero-order valence-corrected chi connectivity index (χ0v) is 14.2. The fourth-order valence-corrected chi connectivity index (χ4v) is 3.58. The summed E-state index contributed by atoms with van der Waals surface area (Å²) in [5.41, 5.74) is 0.414. The Morgan fingerprint density at radius 3 is 2.75 bits per heavy atom. The van der Waals surface area contributed by atoms with Gasteiger partial charge in [-0.1, -0.05) is 27.5 Å². The van der Waals surface area contributed by atoms with Crippen LogP contribution in [0.4, 0.5) is 5.69 Å². The molecule has 0 spiro atoms. The summed E-state index contributed by atoms with van der Waals surface area (Å²) in [6.07, 6.45) is 4.01. The van der Waals surface area contributed by atoms with E-state index in [0.29, 0.717) is 23.2 Å². The van der Waals surface area contributed by atoms with E-state index in [-0.39, 0.29) is 5.75 Å². The predicted molar refractivity (Wildman–Crippen MR) is 86.8 cm³/mol. The first-order valence-corrected chi connectivity index (χ1v) is 9.47. The van der Waals surface area contributed by atoms with E-state index in [0.717, 1.165) is 17.4 Å². The van der Waals surface area contributed by atoms with Crippen LogP contribution in [0.15, 0.2) is 22.7 Å². The van der Waals surface area contributed by atoms with Crippen molar-refractivity contribution in [2.45, 2.75) is 31.7 Å². The number of hydrogen-bond donors (Lipinski definition) is 2. The van der Waals surface area contributed by atoms with Gasteiger partial charge in [-0.25, -0.2) is 8.42 Å². The third kappa shape index (κ3) is 5.60. The predicted octanol–water partition coefficient (Wildman–Crippen LogP) is 3.38. The van der Waals surface area contributed by atoms with Gasteiger partial charge in [0.1, 0.15) is 0 Å². The highest BCUT2D eigenvalue weighted by molar-refractivity contribution is 9.10. The Kier molecular flexibility index (Phi) is 5.72. The van der Waals surface area contributed by atoms with Crippen LogP contribution in [-0.4, -0.2) is 26.8 Å². The van der Waals surface area contributed by atoms with Crippen LogP contribution in [0, 0.1) is 0 Å². The molecule has 1 aromatic carbocycles. The molecule has 0 atom stereocenters. The molecule has 1 saturated carbocycles. The van der Waals surface area contributed by atoms with E-state index in [1.165, 1.54) is 12.8 Å². The van der Waals surface area contributed by atoms with Crippen molar-refractivity contribution < 1.29 is 8.42 Å². The number of benzene rings is 1. The van der Waals surface area contributed by atoms with E-state index >= 15 is 0 Å². The van der Waals surface area contributed by atoms with E-state index in [2.05, 4.69) is 26.0 Å². The average molecular weight is 382 g/mol. The molecule has 0 bridgehead atoms. The second kappa shape index (κ2) is 7.11. The molecule has 7 heteroatoms. The summed E-state index contributed by atoms with van der Waals surface area (Å²) in [4.78, 5) is 0. The second-order valence-corrected chi connectivity index (χ2v) is 8.15. The van der Waals surface area contributed by atoms with Gasteiger partial charge in [-0.15, -0.1) is 0 Å². The summed E-state index contributed by atoms with van der Waals surface area (Å²) < 4.78 is 27.2. The van der Waals surface area contributed by atoms with Gasteiger partial charge in [0.15, 0.2) is 0 Å². The third-order valence-electron chi connectivity index (χ3n) is 3.04. The molecule has 4 nitrogen and oxygen atoms in total. The second-order valence-electron chi connectivity index (χ2n) is 4.98. The van der Waals surface area contributed by atoms with Crippen molar-refractivity contribution in [3.05, 3.63) is 27.7 Å². The molecule has 0 aliphatic heterocycles. The summed E-state index contributed by atoms with van der Waals surface area (Å²) in [7, 11) is -3.34. The summed E-state index contributed by atoms with van der Waals surface area (Å²) in [6, 6.07) is 5.76. The molecule has 0 heterocycles. The third-order valence-corrected chi connectivity index (χ3v) is 5.22. The maximum Gasteiger partial charge on any atom is 0.232 e. The molecular weight excluding hydrogens is 364 g/mol. The number of halogens is 2. The molecule has 0 radical (unpaired) electrons. The quantitative estimate of drug-likeness (QED) is 0.679. The Labute approximate surface area is 133 Å². The Morgan fingerprint density at radius 1 is 1.30 bits per heavy atom. The molecule has 2 N–H and O–H groups in total. The molecule has 112 valence electrons. The van der Waals surface area contributed by atoms with Crippen LogP contribution in [0.3, 0.4) is 0 Å². The molecule has 0 saturated heterocycles. The highest BCUT2D eigenvalue weighted by Gasteiger charge is 2.19. The maximum absolute atomic E-state index is 12.0. The van der Waals surface area contributed by atoms with E-state index < -0.39 is 10.0 Å². The van der Waals surface area contributed by atoms with E-state index in [1.807, 2.05) is 0 Å². The fourth-order valence-electron chi connectivity index (χ4n) is 1.80. The highest BCUT2D eigenvalue weighted by atomic mass is 79.9. The summed E-state index contributed by atoms with van der Waals surface area (Å²) in [5.74, 6) is 0.113. The number of rotatable bonds is 8. The van der Waals surface area contributed by atoms with Crippen molar-refractivity contribution in [1.82, 2.24) is 5.32 Å². The lowest BCUT2D eigenvalue weighted by Gasteiger charge is -2.10. The molecule has 1 aliphatic carbocycles. The Hall–Kier alpha value is -0.300. The van der Waals surface area contributed by atoms with Gasteiger partial charge in [-0.2, -0.15) is 0 Å². The van der Waals surface area contributed by atoms with Crippen molar-refractivity contribution in [2.75, 3.05) is 17.0 Å². The van der Waals surface area contributed by atoms with Crippen LogP contribution >= 0.6 is 27.5 Å². The van der Waals surface area contributed by atoms with Gasteiger partial charge in [-0.05, 0) is 50.4 Å². The molecule has 2 rings (SSSR count). The molecule has 1 aromatic rings. The summed E-state index contributed by atoms with van der Waals surface area (Å²) in [6.45, 7) is 0.887. The van der Waals surface area contributed by atoms with Gasteiger partial charge >= 0.3 is 0 Å². The topological polar surface area (TPSA) is 58.2 Å². The molecule has 0 aromatic heterocycles. The number of unbranched alkanes of at least 4 members (excludes halogenated alkanes) is 1. The van der Waals surface area contributed by atoms with Gasteiger partial charge in [0.25, 0.3) is 0 Å². The Morgan fingerprint density at radius 2 is 2.05 bits per heavy atom. The zero-order chi connectivity index (χ0) is 14.6. The SMILES string of the molecule is O=S(=O)(CCCCNC1CC1)Nc1cc(Br)ccc1Cl. The lowest BCUT2D eigenvalue weighted by atomic mass is 10.3. The van der Waals surface area contributed by atoms with Crippen molar-refractivity contribution in [2.24, 2.45) is 0 Å². The fraction of sp³-hybridized carbons (Fsp3) is 0.538. The number of nitrogens with one attached hydrogen (secondary N) is 2. The molecule has 0 unspecified atom stereocenters. The molecular formula is C13H18BrClN2O2S. The van der Waals surface area contributed by atoms with Gasteiger partial charge in [-0.3, -0.25) is 4.72 Å². The van der Waals surface area contributed by atoms with Crippen molar-refractivity contribution in [3.8, 4) is 0 Å². The van der Waals surface area contributed by atoms with Crippen LogP contribution in [0.25, 0.3) is 0 Å². The largest absolute Gasteiger partial charge is 0.314 e. The smallest absolute Gasteiger partial charge is 0.232 e. The highest BCUT2D eigenvalue weighted by Crippen LogP contribution is 2.26. The Bertz CT molecular complexity index is 561. The van der Waals surface area contributed by atoms with Crippen LogP contribution in [0.5, 0.6) is 0 Å². The first-order valence-electron chi connectivity index (χ1n) is 6.65. The minimum atomic E-state index is -3.34. The van der Waals surface area contributed by atoms with Crippen molar-refractivity contribution >= 4 is 43.2 Å². The minimum Gasteiger partial charge on any atom is -0.314 e. The average Bonchev–Trinajstić information content (AvgIpc) is 3.17. The van der Waals surface area contributed by atoms with Gasteiger partial charge in [0.2, 0.25) is 10.0 Å². The Balaban J connectivity index is 1.78. The van der Waals surface area contributed by atoms with Crippen molar-refractivity contribution in [1.29, 1.82) is 0 Å². The van der Waals surface area contributed by atoms with E-state index in [9.17, 15) is 8.42 Å². The first kappa shape index (κ1) is 16.1. The molecule has 0 amide bonds. The van der Waals surface area contributed by atoms with E-state index in [1.54, 1.807) is 18.2 Å². The van der Waals surface area contributed by atoms with Gasteiger partial charge in [0.05, 0.1) is 16.5 Å².